The standard InChI is InChI=1S/C9H9N3O3S/c1-7-2-4-8(5-3-7)15-16(13,14)9-10-6-11-12-9/h2-6H,1H3,(H,10,11,12). The molecule has 0 radical (unpaired) electrons. The summed E-state index contributed by atoms with van der Waals surface area (Å²) < 4.78 is 28.0. The van der Waals surface area contributed by atoms with Crippen molar-refractivity contribution in [2.24, 2.45) is 0 Å². The molecule has 0 amide bonds. The highest BCUT2D eigenvalue weighted by molar-refractivity contribution is 7.86. The van der Waals surface area contributed by atoms with E-state index in [0.29, 0.717) is 0 Å². The van der Waals surface area contributed by atoms with Gasteiger partial charge >= 0.3 is 15.3 Å². The largest absolute Gasteiger partial charge is 0.377 e. The predicted molar refractivity (Wildman–Crippen MR) is 55.4 cm³/mol. The summed E-state index contributed by atoms with van der Waals surface area (Å²) in [6.45, 7) is 1.90. The van der Waals surface area contributed by atoms with Crippen molar-refractivity contribution < 1.29 is 12.6 Å². The minimum Gasteiger partial charge on any atom is -0.377 e. The van der Waals surface area contributed by atoms with Gasteiger partial charge in [-0.05, 0) is 19.1 Å². The van der Waals surface area contributed by atoms with Gasteiger partial charge in [0.2, 0.25) is 0 Å². The number of aryl methyl sites for hydroxylation is 1. The molecule has 2 aromatic rings. The zero-order valence-corrected chi connectivity index (χ0v) is 9.23. The average molecular weight is 239 g/mol. The summed E-state index contributed by atoms with van der Waals surface area (Å²) in [7, 11) is -3.94. The quantitative estimate of drug-likeness (QED) is 0.804. The number of hydrogen-bond acceptors (Lipinski definition) is 5. The Morgan fingerprint density at radius 2 is 1.94 bits per heavy atom. The number of rotatable bonds is 3. The highest BCUT2D eigenvalue weighted by Crippen LogP contribution is 2.16. The molecular formula is C9H9N3O3S. The Morgan fingerprint density at radius 3 is 2.50 bits per heavy atom. The third-order valence-corrected chi connectivity index (χ3v) is 2.90. The summed E-state index contributed by atoms with van der Waals surface area (Å²) >= 11 is 0. The Kier molecular flexibility index (Phi) is 2.61. The first-order valence-corrected chi connectivity index (χ1v) is 5.86. The van der Waals surface area contributed by atoms with Crippen LogP contribution in [0.3, 0.4) is 0 Å². The van der Waals surface area contributed by atoms with Crippen molar-refractivity contribution in [3.8, 4) is 5.75 Å². The maximum Gasteiger partial charge on any atom is 0.377 e. The van der Waals surface area contributed by atoms with Crippen LogP contribution in [0, 0.1) is 6.92 Å². The Hall–Kier alpha value is -1.89. The normalized spacial score (nSPS) is 11.3. The van der Waals surface area contributed by atoms with E-state index in [1.54, 1.807) is 24.3 Å². The molecule has 0 atom stereocenters. The predicted octanol–water partition coefficient (Wildman–Crippen LogP) is 0.881. The third kappa shape index (κ3) is 2.19. The second kappa shape index (κ2) is 3.93. The molecule has 6 nitrogen and oxygen atoms in total. The smallest absolute Gasteiger partial charge is 0.377 e. The molecule has 2 rings (SSSR count). The van der Waals surface area contributed by atoms with Crippen LogP contribution < -0.4 is 4.18 Å². The first-order chi connectivity index (χ1) is 7.58. The van der Waals surface area contributed by atoms with Gasteiger partial charge < -0.3 is 4.18 Å². The van der Waals surface area contributed by atoms with Crippen LogP contribution >= 0.6 is 0 Å². The van der Waals surface area contributed by atoms with Crippen LogP contribution in [-0.2, 0) is 10.1 Å². The summed E-state index contributed by atoms with van der Waals surface area (Å²) in [5.74, 6) is 0.232. The molecule has 1 heterocycles. The fourth-order valence-electron chi connectivity index (χ4n) is 1.08. The van der Waals surface area contributed by atoms with Gasteiger partial charge in [-0.1, -0.05) is 17.7 Å². The van der Waals surface area contributed by atoms with E-state index in [2.05, 4.69) is 15.2 Å². The summed E-state index contributed by atoms with van der Waals surface area (Å²) in [6, 6.07) is 6.64. The first-order valence-electron chi connectivity index (χ1n) is 4.45. The number of nitrogens with zero attached hydrogens (tertiary/aromatic N) is 2. The Balaban J connectivity index is 2.25. The van der Waals surface area contributed by atoms with Crippen LogP contribution in [0.2, 0.25) is 0 Å². The van der Waals surface area contributed by atoms with E-state index in [-0.39, 0.29) is 10.9 Å². The molecule has 1 aromatic carbocycles. The van der Waals surface area contributed by atoms with Gasteiger partial charge in [-0.2, -0.15) is 8.42 Å². The second-order valence-electron chi connectivity index (χ2n) is 3.13. The molecule has 0 bridgehead atoms. The summed E-state index contributed by atoms with van der Waals surface area (Å²) in [6.07, 6.45) is 1.17. The van der Waals surface area contributed by atoms with Crippen molar-refractivity contribution in [3.05, 3.63) is 36.2 Å². The van der Waals surface area contributed by atoms with Crippen LogP contribution in [-0.4, -0.2) is 23.6 Å². The first kappa shape index (κ1) is 10.6. The Bertz CT molecular complexity index is 561. The summed E-state index contributed by atoms with van der Waals surface area (Å²) in [4.78, 5) is 3.52. The van der Waals surface area contributed by atoms with Crippen molar-refractivity contribution >= 4 is 10.1 Å². The van der Waals surface area contributed by atoms with E-state index in [1.807, 2.05) is 6.92 Å². The lowest BCUT2D eigenvalue weighted by Gasteiger charge is -2.03. The molecule has 0 unspecified atom stereocenters. The SMILES string of the molecule is Cc1ccc(OS(=O)(=O)c2nc[nH]n2)cc1. The van der Waals surface area contributed by atoms with Crippen molar-refractivity contribution in [1.82, 2.24) is 15.2 Å². The van der Waals surface area contributed by atoms with E-state index in [9.17, 15) is 8.42 Å². The molecule has 0 saturated carbocycles. The zero-order valence-electron chi connectivity index (χ0n) is 8.41. The van der Waals surface area contributed by atoms with E-state index >= 15 is 0 Å². The highest BCUT2D eigenvalue weighted by Gasteiger charge is 2.20. The van der Waals surface area contributed by atoms with Gasteiger partial charge in [0, 0.05) is 0 Å². The molecule has 0 aliphatic heterocycles. The summed E-state index contributed by atoms with van der Waals surface area (Å²) in [5, 5.41) is 5.38. The number of hydrogen-bond donors (Lipinski definition) is 1. The number of aromatic nitrogens is 3. The molecule has 84 valence electrons. The lowest BCUT2D eigenvalue weighted by atomic mass is 10.2. The highest BCUT2D eigenvalue weighted by atomic mass is 32.2. The van der Waals surface area contributed by atoms with Crippen LogP contribution in [0.25, 0.3) is 0 Å². The van der Waals surface area contributed by atoms with E-state index in [1.165, 1.54) is 6.33 Å². The zero-order chi connectivity index (χ0) is 11.6. The average Bonchev–Trinajstić information content (AvgIpc) is 2.75. The molecule has 0 saturated heterocycles. The monoisotopic (exact) mass is 239 g/mol. The van der Waals surface area contributed by atoms with Gasteiger partial charge in [-0.15, -0.1) is 5.10 Å². The summed E-state index contributed by atoms with van der Waals surface area (Å²) in [5.41, 5.74) is 1.02. The van der Waals surface area contributed by atoms with Crippen molar-refractivity contribution in [3.63, 3.8) is 0 Å². The van der Waals surface area contributed by atoms with E-state index in [0.717, 1.165) is 5.56 Å². The van der Waals surface area contributed by atoms with E-state index in [4.69, 9.17) is 4.18 Å². The second-order valence-corrected chi connectivity index (χ2v) is 4.57. The van der Waals surface area contributed by atoms with E-state index < -0.39 is 10.1 Å². The topological polar surface area (TPSA) is 84.9 Å². The Morgan fingerprint density at radius 1 is 1.25 bits per heavy atom. The number of benzene rings is 1. The maximum absolute atomic E-state index is 11.6. The van der Waals surface area contributed by atoms with Gasteiger partial charge in [0.1, 0.15) is 12.1 Å². The van der Waals surface area contributed by atoms with Gasteiger partial charge in [0.05, 0.1) is 0 Å². The molecule has 1 aromatic heterocycles. The third-order valence-electron chi connectivity index (χ3n) is 1.84. The van der Waals surface area contributed by atoms with Gasteiger partial charge in [0.15, 0.2) is 0 Å². The molecular weight excluding hydrogens is 230 g/mol. The Labute approximate surface area is 92.4 Å². The number of aromatic amines is 1. The lowest BCUT2D eigenvalue weighted by molar-refractivity contribution is 0.478. The molecule has 0 aliphatic carbocycles. The van der Waals surface area contributed by atoms with Crippen molar-refractivity contribution in [2.45, 2.75) is 12.1 Å². The molecule has 0 aliphatic rings. The molecule has 0 spiro atoms. The van der Waals surface area contributed by atoms with Gasteiger partial charge in [0.25, 0.3) is 0 Å². The van der Waals surface area contributed by atoms with Crippen molar-refractivity contribution in [1.29, 1.82) is 0 Å². The van der Waals surface area contributed by atoms with Crippen LogP contribution in [0.1, 0.15) is 5.56 Å². The maximum atomic E-state index is 11.6. The minimum atomic E-state index is -3.94. The fourth-order valence-corrected chi connectivity index (χ4v) is 1.86. The molecule has 0 fully saturated rings. The van der Waals surface area contributed by atoms with Crippen LogP contribution in [0.15, 0.2) is 35.7 Å². The van der Waals surface area contributed by atoms with Crippen LogP contribution in [0.5, 0.6) is 5.75 Å². The molecule has 16 heavy (non-hydrogen) atoms. The van der Waals surface area contributed by atoms with Crippen LogP contribution in [0.4, 0.5) is 0 Å². The molecule has 1 N–H and O–H groups in total. The van der Waals surface area contributed by atoms with Crippen molar-refractivity contribution in [2.75, 3.05) is 0 Å². The number of H-pyrrole nitrogens is 1. The minimum absolute atomic E-state index is 0.232. The lowest BCUT2D eigenvalue weighted by Crippen LogP contribution is -2.11. The molecule has 7 heteroatoms. The fraction of sp³-hybridized carbons (Fsp3) is 0.111. The number of nitrogens with one attached hydrogen (secondary N) is 1. The van der Waals surface area contributed by atoms with Gasteiger partial charge in [-0.3, -0.25) is 5.10 Å². The van der Waals surface area contributed by atoms with Gasteiger partial charge in [-0.25, -0.2) is 4.98 Å².